The van der Waals surface area contributed by atoms with Crippen molar-refractivity contribution in [1.29, 1.82) is 0 Å². The first kappa shape index (κ1) is 14.3. The molecule has 0 aliphatic rings. The molecule has 0 spiro atoms. The van der Waals surface area contributed by atoms with Crippen LogP contribution >= 0.6 is 11.6 Å². The Bertz CT molecular complexity index is 474. The summed E-state index contributed by atoms with van der Waals surface area (Å²) in [5.74, 6) is 0.740. The normalized spacial score (nSPS) is 11.5. The Labute approximate surface area is 107 Å². The van der Waals surface area contributed by atoms with Gasteiger partial charge in [-0.1, -0.05) is 18.5 Å². The molecule has 0 heterocycles. The van der Waals surface area contributed by atoms with Crippen molar-refractivity contribution in [2.24, 2.45) is 0 Å². The third-order valence-electron chi connectivity index (χ3n) is 2.20. The van der Waals surface area contributed by atoms with E-state index in [4.69, 9.17) is 16.3 Å². The van der Waals surface area contributed by atoms with E-state index in [1.807, 2.05) is 6.92 Å². The van der Waals surface area contributed by atoms with Crippen LogP contribution in [0.3, 0.4) is 0 Å². The zero-order chi connectivity index (χ0) is 12.9. The first-order valence-corrected chi connectivity index (χ1v) is 7.31. The third-order valence-corrected chi connectivity index (χ3v) is 3.96. The summed E-state index contributed by atoms with van der Waals surface area (Å²) < 4.78 is 30.7. The van der Waals surface area contributed by atoms with Gasteiger partial charge in [-0.2, -0.15) is 0 Å². The van der Waals surface area contributed by atoms with Gasteiger partial charge in [-0.3, -0.25) is 0 Å². The van der Waals surface area contributed by atoms with E-state index in [-0.39, 0.29) is 12.3 Å². The lowest BCUT2D eigenvalue weighted by atomic mass is 10.2. The summed E-state index contributed by atoms with van der Waals surface area (Å²) in [6.45, 7) is 2.01. The number of nitrogens with one attached hydrogen (secondary N) is 1. The molecule has 0 amide bonds. The molecule has 0 fully saturated rings. The van der Waals surface area contributed by atoms with Crippen molar-refractivity contribution >= 4 is 21.6 Å². The number of ether oxygens (including phenoxy) is 1. The highest BCUT2D eigenvalue weighted by Gasteiger charge is 2.10. The number of halogens is 1. The second kappa shape index (κ2) is 6.23. The molecule has 0 aliphatic carbocycles. The van der Waals surface area contributed by atoms with Crippen molar-refractivity contribution in [3.05, 3.63) is 28.8 Å². The minimum Gasteiger partial charge on any atom is -0.496 e. The monoisotopic (exact) mass is 277 g/mol. The zero-order valence-corrected chi connectivity index (χ0v) is 11.4. The molecule has 0 unspecified atom stereocenters. The molecule has 0 saturated carbocycles. The molecule has 1 N–H and O–H groups in total. The SMILES string of the molecule is CCCS(=O)(=O)NCc1cc(Cl)ccc1OC. The van der Waals surface area contributed by atoms with Crippen LogP contribution in [0.1, 0.15) is 18.9 Å². The van der Waals surface area contributed by atoms with Crippen molar-refractivity contribution in [1.82, 2.24) is 4.72 Å². The van der Waals surface area contributed by atoms with Gasteiger partial charge in [-0.15, -0.1) is 0 Å². The van der Waals surface area contributed by atoms with Crippen molar-refractivity contribution in [2.75, 3.05) is 12.9 Å². The Balaban J connectivity index is 2.78. The van der Waals surface area contributed by atoms with Gasteiger partial charge in [0.25, 0.3) is 0 Å². The van der Waals surface area contributed by atoms with Crippen LogP contribution in [0.2, 0.25) is 5.02 Å². The summed E-state index contributed by atoms with van der Waals surface area (Å²) in [6.07, 6.45) is 0.585. The average molecular weight is 278 g/mol. The molecule has 6 heteroatoms. The van der Waals surface area contributed by atoms with Crippen molar-refractivity contribution in [2.45, 2.75) is 19.9 Å². The van der Waals surface area contributed by atoms with Crippen molar-refractivity contribution < 1.29 is 13.2 Å². The van der Waals surface area contributed by atoms with E-state index < -0.39 is 10.0 Å². The van der Waals surface area contributed by atoms with Crippen LogP contribution in [-0.4, -0.2) is 21.3 Å². The van der Waals surface area contributed by atoms with E-state index in [1.54, 1.807) is 18.2 Å². The van der Waals surface area contributed by atoms with Crippen molar-refractivity contribution in [3.8, 4) is 5.75 Å². The fraction of sp³-hybridized carbons (Fsp3) is 0.455. The Morgan fingerprint density at radius 2 is 2.12 bits per heavy atom. The van der Waals surface area contributed by atoms with Gasteiger partial charge in [0.15, 0.2) is 0 Å². The molecule has 0 atom stereocenters. The molecule has 1 aromatic rings. The standard InChI is InChI=1S/C11H16ClNO3S/c1-3-6-17(14,15)13-8-9-7-10(12)4-5-11(9)16-2/h4-5,7,13H,3,6,8H2,1-2H3. The van der Waals surface area contributed by atoms with E-state index in [9.17, 15) is 8.42 Å². The highest BCUT2D eigenvalue weighted by atomic mass is 35.5. The van der Waals surface area contributed by atoms with Gasteiger partial charge in [0.05, 0.1) is 12.9 Å². The fourth-order valence-electron chi connectivity index (χ4n) is 1.41. The summed E-state index contributed by atoms with van der Waals surface area (Å²) in [6, 6.07) is 5.10. The van der Waals surface area contributed by atoms with Crippen LogP contribution in [0.25, 0.3) is 0 Å². The minimum absolute atomic E-state index is 0.121. The molecule has 0 aliphatic heterocycles. The molecule has 0 bridgehead atoms. The maximum Gasteiger partial charge on any atom is 0.211 e. The minimum atomic E-state index is -3.22. The van der Waals surface area contributed by atoms with Crippen LogP contribution < -0.4 is 9.46 Å². The largest absolute Gasteiger partial charge is 0.496 e. The third kappa shape index (κ3) is 4.53. The molecule has 4 nitrogen and oxygen atoms in total. The summed E-state index contributed by atoms with van der Waals surface area (Å²) in [4.78, 5) is 0. The predicted octanol–water partition coefficient (Wildman–Crippen LogP) is 2.18. The van der Waals surface area contributed by atoms with E-state index in [2.05, 4.69) is 4.72 Å². The van der Waals surface area contributed by atoms with Gasteiger partial charge in [0, 0.05) is 17.1 Å². The Kier molecular flexibility index (Phi) is 5.24. The summed E-state index contributed by atoms with van der Waals surface area (Å²) in [5.41, 5.74) is 0.722. The molecular weight excluding hydrogens is 262 g/mol. The first-order chi connectivity index (χ1) is 7.98. The number of sulfonamides is 1. The molecular formula is C11H16ClNO3S. The van der Waals surface area contributed by atoms with Gasteiger partial charge in [-0.05, 0) is 24.6 Å². The fourth-order valence-corrected chi connectivity index (χ4v) is 2.67. The lowest BCUT2D eigenvalue weighted by molar-refractivity contribution is 0.409. The maximum absolute atomic E-state index is 11.5. The summed E-state index contributed by atoms with van der Waals surface area (Å²) in [5, 5.41) is 0.551. The number of benzene rings is 1. The molecule has 0 saturated heterocycles. The Morgan fingerprint density at radius 3 is 2.71 bits per heavy atom. The number of methoxy groups -OCH3 is 1. The van der Waals surface area contributed by atoms with Crippen molar-refractivity contribution in [3.63, 3.8) is 0 Å². The Hall–Kier alpha value is -0.780. The van der Waals surface area contributed by atoms with Crippen LogP contribution in [0, 0.1) is 0 Å². The van der Waals surface area contributed by atoms with E-state index in [1.165, 1.54) is 7.11 Å². The predicted molar refractivity (Wildman–Crippen MR) is 68.9 cm³/mol. The lowest BCUT2D eigenvalue weighted by Crippen LogP contribution is -2.25. The van der Waals surface area contributed by atoms with Gasteiger partial charge in [0.2, 0.25) is 10.0 Å². The van der Waals surface area contributed by atoms with E-state index >= 15 is 0 Å². The quantitative estimate of drug-likeness (QED) is 0.867. The van der Waals surface area contributed by atoms with Crippen LogP contribution in [0.15, 0.2) is 18.2 Å². The second-order valence-corrected chi connectivity index (χ2v) is 5.96. The number of rotatable bonds is 6. The number of hydrogen-bond donors (Lipinski definition) is 1. The molecule has 1 rings (SSSR count). The average Bonchev–Trinajstić information content (AvgIpc) is 2.27. The Morgan fingerprint density at radius 1 is 1.41 bits per heavy atom. The topological polar surface area (TPSA) is 55.4 Å². The van der Waals surface area contributed by atoms with Gasteiger partial charge >= 0.3 is 0 Å². The van der Waals surface area contributed by atoms with Crippen LogP contribution in [-0.2, 0) is 16.6 Å². The highest BCUT2D eigenvalue weighted by Crippen LogP contribution is 2.22. The summed E-state index contributed by atoms with van der Waals surface area (Å²) >= 11 is 5.85. The van der Waals surface area contributed by atoms with Crippen LogP contribution in [0.5, 0.6) is 5.75 Å². The zero-order valence-electron chi connectivity index (χ0n) is 9.86. The van der Waals surface area contributed by atoms with Gasteiger partial charge < -0.3 is 4.74 Å². The lowest BCUT2D eigenvalue weighted by Gasteiger charge is -2.10. The smallest absolute Gasteiger partial charge is 0.211 e. The number of hydrogen-bond acceptors (Lipinski definition) is 3. The summed E-state index contributed by atoms with van der Waals surface area (Å²) in [7, 11) is -1.68. The molecule has 0 radical (unpaired) electrons. The molecule has 1 aromatic carbocycles. The first-order valence-electron chi connectivity index (χ1n) is 5.28. The highest BCUT2D eigenvalue weighted by molar-refractivity contribution is 7.89. The maximum atomic E-state index is 11.5. The van der Waals surface area contributed by atoms with Crippen LogP contribution in [0.4, 0.5) is 0 Å². The van der Waals surface area contributed by atoms with E-state index in [0.717, 1.165) is 5.56 Å². The van der Waals surface area contributed by atoms with Gasteiger partial charge in [0.1, 0.15) is 5.75 Å². The van der Waals surface area contributed by atoms with Gasteiger partial charge in [-0.25, -0.2) is 13.1 Å². The molecule has 17 heavy (non-hydrogen) atoms. The van der Waals surface area contributed by atoms with E-state index in [0.29, 0.717) is 17.2 Å². The molecule has 0 aromatic heterocycles. The second-order valence-electron chi connectivity index (χ2n) is 3.60. The molecule has 96 valence electrons.